The second-order valence-electron chi connectivity index (χ2n) is 7.53. The Balaban J connectivity index is 1.79. The molecular weight excluding hydrogens is 394 g/mol. The Morgan fingerprint density at radius 2 is 2.11 bits per heavy atom. The van der Waals surface area contributed by atoms with Gasteiger partial charge in [0.2, 0.25) is 5.91 Å². The Hall–Kier alpha value is -1.38. The lowest BCUT2D eigenvalue weighted by Gasteiger charge is -2.29. The largest absolute Gasteiger partial charge is 0.383 e. The van der Waals surface area contributed by atoms with Gasteiger partial charge in [0.15, 0.2) is 5.16 Å². The van der Waals surface area contributed by atoms with E-state index >= 15 is 0 Å². The highest BCUT2D eigenvalue weighted by molar-refractivity contribution is 7.99. The summed E-state index contributed by atoms with van der Waals surface area (Å²) >= 11 is 2.86. The number of thiophene rings is 1. The maximum absolute atomic E-state index is 13.1. The van der Waals surface area contributed by atoms with Crippen LogP contribution < -0.4 is 10.9 Å². The van der Waals surface area contributed by atoms with Gasteiger partial charge in [-0.3, -0.25) is 14.2 Å². The molecule has 3 rings (SSSR count). The molecule has 2 heterocycles. The molecule has 6 nitrogen and oxygen atoms in total. The number of fused-ring (bicyclic) bond motifs is 1. The van der Waals surface area contributed by atoms with Gasteiger partial charge in [-0.15, -0.1) is 11.3 Å². The standard InChI is InChI=1S/C20H29N3O3S2/c1-12-7-5-6-8-15(12)21-16(24)11-27-20-22-18-17(13(2)14(3)28-18)19(25)23(20)9-10-26-4/h12,15H,5-11H2,1-4H3,(H,21,24)/t12-,15-/m0/s1. The molecule has 154 valence electrons. The zero-order chi connectivity index (χ0) is 20.3. The molecule has 1 aliphatic rings. The fourth-order valence-electron chi connectivity index (χ4n) is 3.71. The van der Waals surface area contributed by atoms with Gasteiger partial charge in [-0.2, -0.15) is 0 Å². The molecule has 8 heteroatoms. The van der Waals surface area contributed by atoms with Crippen molar-refractivity contribution in [3.05, 3.63) is 20.8 Å². The number of thioether (sulfide) groups is 1. The number of ether oxygens (including phenoxy) is 1. The zero-order valence-electron chi connectivity index (χ0n) is 17.0. The van der Waals surface area contributed by atoms with Crippen LogP contribution in [-0.4, -0.2) is 41.0 Å². The Bertz CT molecular complexity index is 906. The molecule has 1 aliphatic carbocycles. The summed E-state index contributed by atoms with van der Waals surface area (Å²) in [5, 5.41) is 4.44. The lowest BCUT2D eigenvalue weighted by atomic mass is 9.86. The molecule has 1 amide bonds. The third-order valence-electron chi connectivity index (χ3n) is 5.56. The smallest absolute Gasteiger partial charge is 0.263 e. The van der Waals surface area contributed by atoms with Crippen molar-refractivity contribution in [2.24, 2.45) is 5.92 Å². The van der Waals surface area contributed by atoms with Crippen LogP contribution in [0, 0.1) is 19.8 Å². The molecule has 0 saturated heterocycles. The second kappa shape index (κ2) is 9.41. The average molecular weight is 424 g/mol. The summed E-state index contributed by atoms with van der Waals surface area (Å²) < 4.78 is 6.81. The van der Waals surface area contributed by atoms with Crippen molar-refractivity contribution in [2.75, 3.05) is 19.5 Å². The molecule has 1 fully saturated rings. The SMILES string of the molecule is COCCn1c(SCC(=O)N[C@H]2CCCC[C@@H]2C)nc2sc(C)c(C)c2c1=O. The Labute approximate surface area is 174 Å². The van der Waals surface area contributed by atoms with Crippen LogP contribution in [0.2, 0.25) is 0 Å². The second-order valence-corrected chi connectivity index (χ2v) is 9.68. The quantitative estimate of drug-likeness (QED) is 0.545. The highest BCUT2D eigenvalue weighted by Crippen LogP contribution is 2.28. The van der Waals surface area contributed by atoms with Crippen LogP contribution in [0.15, 0.2) is 9.95 Å². The van der Waals surface area contributed by atoms with Crippen molar-refractivity contribution in [2.45, 2.75) is 64.2 Å². The zero-order valence-corrected chi connectivity index (χ0v) is 18.7. The Kier molecular flexibility index (Phi) is 7.17. The monoisotopic (exact) mass is 423 g/mol. The molecule has 0 radical (unpaired) electrons. The Morgan fingerprint density at radius 1 is 1.36 bits per heavy atom. The first-order valence-electron chi connectivity index (χ1n) is 9.84. The molecule has 2 atom stereocenters. The van der Waals surface area contributed by atoms with E-state index in [1.807, 2.05) is 13.8 Å². The topological polar surface area (TPSA) is 73.2 Å². The van der Waals surface area contributed by atoms with Crippen LogP contribution in [0.1, 0.15) is 43.0 Å². The van der Waals surface area contributed by atoms with E-state index in [2.05, 4.69) is 12.2 Å². The van der Waals surface area contributed by atoms with E-state index in [-0.39, 0.29) is 23.3 Å². The molecule has 0 aromatic carbocycles. The number of carbonyl (C=O) groups excluding carboxylic acids is 1. The molecule has 0 bridgehead atoms. The fourth-order valence-corrected chi connectivity index (χ4v) is 5.61. The molecule has 2 aromatic heterocycles. The number of aromatic nitrogens is 2. The van der Waals surface area contributed by atoms with Gasteiger partial charge >= 0.3 is 0 Å². The predicted molar refractivity (Wildman–Crippen MR) is 116 cm³/mol. The lowest BCUT2D eigenvalue weighted by Crippen LogP contribution is -2.42. The summed E-state index contributed by atoms with van der Waals surface area (Å²) in [6, 6.07) is 0.260. The minimum atomic E-state index is -0.0484. The number of nitrogens with zero attached hydrogens (tertiary/aromatic N) is 2. The number of hydrogen-bond donors (Lipinski definition) is 1. The Morgan fingerprint density at radius 3 is 2.82 bits per heavy atom. The van der Waals surface area contributed by atoms with Crippen molar-refractivity contribution in [3.63, 3.8) is 0 Å². The van der Waals surface area contributed by atoms with Gasteiger partial charge in [0, 0.05) is 18.0 Å². The van der Waals surface area contributed by atoms with Crippen LogP contribution >= 0.6 is 23.1 Å². The third kappa shape index (κ3) is 4.60. The van der Waals surface area contributed by atoms with E-state index < -0.39 is 0 Å². The summed E-state index contributed by atoms with van der Waals surface area (Å²) in [5.74, 6) is 0.793. The van der Waals surface area contributed by atoms with E-state index in [1.54, 1.807) is 11.7 Å². The summed E-state index contributed by atoms with van der Waals surface area (Å²) in [6.45, 7) is 7.02. The van der Waals surface area contributed by atoms with E-state index in [0.29, 0.717) is 29.6 Å². The van der Waals surface area contributed by atoms with E-state index in [0.717, 1.165) is 21.7 Å². The number of nitrogens with one attached hydrogen (secondary N) is 1. The van der Waals surface area contributed by atoms with Gasteiger partial charge < -0.3 is 10.1 Å². The van der Waals surface area contributed by atoms with Crippen molar-refractivity contribution in [1.82, 2.24) is 14.9 Å². The lowest BCUT2D eigenvalue weighted by molar-refractivity contribution is -0.119. The van der Waals surface area contributed by atoms with Gasteiger partial charge in [-0.1, -0.05) is 31.5 Å². The molecule has 0 aliphatic heterocycles. The first-order chi connectivity index (χ1) is 13.4. The van der Waals surface area contributed by atoms with E-state index in [4.69, 9.17) is 9.72 Å². The molecule has 1 saturated carbocycles. The maximum atomic E-state index is 13.1. The molecule has 2 aromatic rings. The minimum Gasteiger partial charge on any atom is -0.383 e. The van der Waals surface area contributed by atoms with Gasteiger partial charge in [-0.25, -0.2) is 4.98 Å². The van der Waals surface area contributed by atoms with Gasteiger partial charge in [0.1, 0.15) is 4.83 Å². The first kappa shape index (κ1) is 21.3. The van der Waals surface area contributed by atoms with Gasteiger partial charge in [-0.05, 0) is 38.2 Å². The third-order valence-corrected chi connectivity index (χ3v) is 7.64. The fraction of sp³-hybridized carbons (Fsp3) is 0.650. The van der Waals surface area contributed by atoms with Gasteiger partial charge in [0.05, 0.1) is 24.3 Å². The molecule has 1 N–H and O–H groups in total. The van der Waals surface area contributed by atoms with Crippen molar-refractivity contribution in [3.8, 4) is 0 Å². The number of carbonyl (C=O) groups is 1. The summed E-state index contributed by atoms with van der Waals surface area (Å²) in [5.41, 5.74) is 0.942. The summed E-state index contributed by atoms with van der Waals surface area (Å²) in [6.07, 6.45) is 4.64. The maximum Gasteiger partial charge on any atom is 0.263 e. The normalized spacial score (nSPS) is 19.9. The van der Waals surface area contributed by atoms with Crippen molar-refractivity contribution < 1.29 is 9.53 Å². The van der Waals surface area contributed by atoms with Crippen molar-refractivity contribution in [1.29, 1.82) is 0 Å². The summed E-state index contributed by atoms with van der Waals surface area (Å²) in [7, 11) is 1.61. The number of hydrogen-bond acceptors (Lipinski definition) is 6. The number of methoxy groups -OCH3 is 1. The first-order valence-corrected chi connectivity index (χ1v) is 11.6. The molecule has 28 heavy (non-hydrogen) atoms. The molecular formula is C20H29N3O3S2. The molecule has 0 spiro atoms. The van der Waals surface area contributed by atoms with Crippen LogP contribution in [0.4, 0.5) is 0 Å². The number of amides is 1. The van der Waals surface area contributed by atoms with Crippen LogP contribution in [0.3, 0.4) is 0 Å². The van der Waals surface area contributed by atoms with Crippen LogP contribution in [0.5, 0.6) is 0 Å². The van der Waals surface area contributed by atoms with Crippen LogP contribution in [-0.2, 0) is 16.1 Å². The average Bonchev–Trinajstić information content (AvgIpc) is 2.95. The van der Waals surface area contributed by atoms with E-state index in [9.17, 15) is 9.59 Å². The summed E-state index contributed by atoms with van der Waals surface area (Å²) in [4.78, 5) is 32.1. The molecule has 0 unspecified atom stereocenters. The van der Waals surface area contributed by atoms with Gasteiger partial charge in [0.25, 0.3) is 5.56 Å². The number of aryl methyl sites for hydroxylation is 2. The minimum absolute atomic E-state index is 0.00919. The predicted octanol–water partition coefficient (Wildman–Crippen LogP) is 3.51. The van der Waals surface area contributed by atoms with E-state index in [1.165, 1.54) is 42.4 Å². The highest BCUT2D eigenvalue weighted by Gasteiger charge is 2.23. The highest BCUT2D eigenvalue weighted by atomic mass is 32.2. The van der Waals surface area contributed by atoms with Crippen molar-refractivity contribution >= 4 is 39.2 Å². The van der Waals surface area contributed by atoms with Crippen LogP contribution in [0.25, 0.3) is 10.2 Å². The number of rotatable bonds is 7.